The van der Waals surface area contributed by atoms with Gasteiger partial charge in [0.25, 0.3) is 0 Å². The van der Waals surface area contributed by atoms with Crippen molar-refractivity contribution in [3.05, 3.63) is 34.9 Å². The number of ether oxygens (including phenoxy) is 3. The van der Waals surface area contributed by atoms with Crippen LogP contribution in [0.3, 0.4) is 0 Å². The summed E-state index contributed by atoms with van der Waals surface area (Å²) in [7, 11) is 1.16. The monoisotopic (exact) mass is 364 g/mol. The Balaban J connectivity index is 2.55. The second-order valence-electron chi connectivity index (χ2n) is 6.32. The standard InChI is InChI=1S/C19H24O7/c1-5-25-18(22)16-15-13(9-8-12(20)14(15)17(21)24-4)26-19(16,23)10-6-7-11(2)3/h7-9,16,20,23H,5-6,10H2,1-4H3. The van der Waals surface area contributed by atoms with Gasteiger partial charge in [0, 0.05) is 12.0 Å². The van der Waals surface area contributed by atoms with Crippen molar-refractivity contribution in [1.82, 2.24) is 0 Å². The van der Waals surface area contributed by atoms with Gasteiger partial charge in [-0.05, 0) is 39.3 Å². The van der Waals surface area contributed by atoms with Crippen LogP contribution in [0, 0.1) is 0 Å². The second kappa shape index (κ2) is 7.78. The lowest BCUT2D eigenvalue weighted by molar-refractivity contribution is -0.175. The summed E-state index contributed by atoms with van der Waals surface area (Å²) in [5, 5.41) is 21.2. The molecule has 0 amide bonds. The molecule has 0 fully saturated rings. The molecule has 0 aromatic heterocycles. The van der Waals surface area contributed by atoms with Gasteiger partial charge >= 0.3 is 11.9 Å². The van der Waals surface area contributed by atoms with E-state index in [1.807, 2.05) is 19.9 Å². The average Bonchev–Trinajstić information content (AvgIpc) is 2.86. The zero-order valence-electron chi connectivity index (χ0n) is 15.4. The molecule has 26 heavy (non-hydrogen) atoms. The first-order valence-corrected chi connectivity index (χ1v) is 8.40. The van der Waals surface area contributed by atoms with Crippen LogP contribution >= 0.6 is 0 Å². The van der Waals surface area contributed by atoms with Crippen LogP contribution in [0.25, 0.3) is 0 Å². The predicted molar refractivity (Wildman–Crippen MR) is 93.1 cm³/mol. The first kappa shape index (κ1) is 19.8. The fourth-order valence-corrected chi connectivity index (χ4v) is 3.05. The highest BCUT2D eigenvalue weighted by Gasteiger charge is 2.54. The molecule has 0 aliphatic carbocycles. The van der Waals surface area contributed by atoms with E-state index in [1.165, 1.54) is 12.1 Å². The van der Waals surface area contributed by atoms with Gasteiger partial charge in [-0.1, -0.05) is 11.6 Å². The molecule has 2 unspecified atom stereocenters. The molecule has 1 aromatic rings. The van der Waals surface area contributed by atoms with E-state index in [9.17, 15) is 19.8 Å². The largest absolute Gasteiger partial charge is 0.507 e. The van der Waals surface area contributed by atoms with Crippen molar-refractivity contribution in [2.75, 3.05) is 13.7 Å². The molecule has 2 N–H and O–H groups in total. The molecule has 7 nitrogen and oxygen atoms in total. The van der Waals surface area contributed by atoms with Crippen molar-refractivity contribution in [2.24, 2.45) is 0 Å². The summed E-state index contributed by atoms with van der Waals surface area (Å²) >= 11 is 0. The summed E-state index contributed by atoms with van der Waals surface area (Å²) in [5.41, 5.74) is 0.931. The normalized spacial score (nSPS) is 20.7. The van der Waals surface area contributed by atoms with E-state index in [2.05, 4.69) is 0 Å². The third kappa shape index (κ3) is 3.67. The Morgan fingerprint density at radius 2 is 2.04 bits per heavy atom. The van der Waals surface area contributed by atoms with Crippen molar-refractivity contribution in [2.45, 2.75) is 45.3 Å². The summed E-state index contributed by atoms with van der Waals surface area (Å²) in [5.74, 6) is -4.95. The van der Waals surface area contributed by atoms with Crippen LogP contribution in [0.1, 0.15) is 55.5 Å². The number of fused-ring (bicyclic) bond motifs is 1. The lowest BCUT2D eigenvalue weighted by atomic mass is 9.86. The highest BCUT2D eigenvalue weighted by Crippen LogP contribution is 2.50. The van der Waals surface area contributed by atoms with Crippen molar-refractivity contribution in [3.63, 3.8) is 0 Å². The Labute approximate surface area is 152 Å². The van der Waals surface area contributed by atoms with E-state index >= 15 is 0 Å². The van der Waals surface area contributed by atoms with Crippen LogP contribution in [0.15, 0.2) is 23.8 Å². The fourth-order valence-electron chi connectivity index (χ4n) is 3.05. The van der Waals surface area contributed by atoms with Gasteiger partial charge in [-0.15, -0.1) is 0 Å². The number of esters is 2. The number of carbonyl (C=O) groups is 2. The first-order valence-electron chi connectivity index (χ1n) is 8.40. The summed E-state index contributed by atoms with van der Waals surface area (Å²) in [4.78, 5) is 24.7. The van der Waals surface area contributed by atoms with Gasteiger partial charge in [0.05, 0.1) is 13.7 Å². The number of rotatable bonds is 6. The number of aliphatic hydroxyl groups is 1. The van der Waals surface area contributed by atoms with E-state index in [4.69, 9.17) is 14.2 Å². The van der Waals surface area contributed by atoms with E-state index in [-0.39, 0.29) is 35.7 Å². The van der Waals surface area contributed by atoms with Crippen molar-refractivity contribution in [3.8, 4) is 11.5 Å². The molecule has 0 saturated heterocycles. The van der Waals surface area contributed by atoms with E-state index in [1.54, 1.807) is 6.92 Å². The Hall–Kier alpha value is -2.54. The Bertz CT molecular complexity index is 734. The van der Waals surface area contributed by atoms with E-state index in [0.717, 1.165) is 12.7 Å². The maximum atomic E-state index is 12.6. The van der Waals surface area contributed by atoms with Gasteiger partial charge in [0.2, 0.25) is 5.79 Å². The third-order valence-corrected chi connectivity index (χ3v) is 4.18. The lowest BCUT2D eigenvalue weighted by Crippen LogP contribution is -2.42. The van der Waals surface area contributed by atoms with Gasteiger partial charge in [-0.2, -0.15) is 0 Å². The smallest absolute Gasteiger partial charge is 0.342 e. The Kier molecular flexibility index (Phi) is 5.92. The third-order valence-electron chi connectivity index (χ3n) is 4.18. The number of allylic oxidation sites excluding steroid dienone is 2. The minimum absolute atomic E-state index is 0.0787. The average molecular weight is 364 g/mol. The molecule has 1 heterocycles. The zero-order valence-corrected chi connectivity index (χ0v) is 15.4. The molecule has 2 atom stereocenters. The number of hydrogen-bond donors (Lipinski definition) is 2. The molecule has 0 bridgehead atoms. The molecule has 1 aliphatic heterocycles. The summed E-state index contributed by atoms with van der Waals surface area (Å²) in [6, 6.07) is 2.66. The van der Waals surface area contributed by atoms with Crippen LogP contribution in [0.2, 0.25) is 0 Å². The summed E-state index contributed by atoms with van der Waals surface area (Å²) < 4.78 is 15.5. The summed E-state index contributed by atoms with van der Waals surface area (Å²) in [6.45, 7) is 5.58. The van der Waals surface area contributed by atoms with Crippen LogP contribution in [0.4, 0.5) is 0 Å². The predicted octanol–water partition coefficient (Wildman–Crippen LogP) is 2.65. The fraction of sp³-hybridized carbons (Fsp3) is 0.474. The van der Waals surface area contributed by atoms with Crippen molar-refractivity contribution in [1.29, 1.82) is 0 Å². The molecule has 7 heteroatoms. The molecule has 0 saturated carbocycles. The van der Waals surface area contributed by atoms with Crippen LogP contribution in [-0.4, -0.2) is 41.7 Å². The Morgan fingerprint density at radius 1 is 1.35 bits per heavy atom. The molecular weight excluding hydrogens is 340 g/mol. The molecular formula is C19H24O7. The quantitative estimate of drug-likeness (QED) is 0.591. The first-order chi connectivity index (χ1) is 12.2. The number of aromatic hydroxyl groups is 1. The molecule has 0 radical (unpaired) electrons. The number of benzene rings is 1. The number of hydrogen-bond acceptors (Lipinski definition) is 7. The lowest BCUT2D eigenvalue weighted by Gasteiger charge is -2.27. The highest BCUT2D eigenvalue weighted by molar-refractivity contribution is 5.98. The van der Waals surface area contributed by atoms with Gasteiger partial charge in [-0.25, -0.2) is 4.79 Å². The van der Waals surface area contributed by atoms with Gasteiger partial charge < -0.3 is 24.4 Å². The second-order valence-corrected chi connectivity index (χ2v) is 6.32. The summed E-state index contributed by atoms with van der Waals surface area (Å²) in [6.07, 6.45) is 2.48. The Morgan fingerprint density at radius 3 is 2.62 bits per heavy atom. The van der Waals surface area contributed by atoms with Gasteiger partial charge in [0.1, 0.15) is 17.1 Å². The maximum absolute atomic E-state index is 12.6. The van der Waals surface area contributed by atoms with E-state index in [0.29, 0.717) is 6.42 Å². The van der Waals surface area contributed by atoms with Crippen LogP contribution in [0.5, 0.6) is 11.5 Å². The molecule has 1 aromatic carbocycles. The van der Waals surface area contributed by atoms with E-state index < -0.39 is 23.6 Å². The molecule has 1 aliphatic rings. The number of phenolic OH excluding ortho intramolecular Hbond substituents is 1. The molecule has 0 spiro atoms. The number of carbonyl (C=O) groups excluding carboxylic acids is 2. The topological polar surface area (TPSA) is 102 Å². The number of phenols is 1. The SMILES string of the molecule is CCOC(=O)C1c2c(ccc(O)c2C(=O)OC)OC1(O)CCC=C(C)C. The van der Waals surface area contributed by atoms with Gasteiger partial charge in [-0.3, -0.25) is 4.79 Å². The minimum Gasteiger partial charge on any atom is -0.507 e. The molecule has 142 valence electrons. The van der Waals surface area contributed by atoms with Crippen LogP contribution in [-0.2, 0) is 14.3 Å². The van der Waals surface area contributed by atoms with Crippen molar-refractivity contribution >= 4 is 11.9 Å². The number of methoxy groups -OCH3 is 1. The minimum atomic E-state index is -1.89. The highest BCUT2D eigenvalue weighted by atomic mass is 16.6. The van der Waals surface area contributed by atoms with Crippen molar-refractivity contribution < 1.29 is 34.0 Å². The molecule has 2 rings (SSSR count). The van der Waals surface area contributed by atoms with Crippen LogP contribution < -0.4 is 4.74 Å². The maximum Gasteiger partial charge on any atom is 0.342 e. The zero-order chi connectivity index (χ0) is 19.5. The van der Waals surface area contributed by atoms with Gasteiger partial charge in [0.15, 0.2) is 5.92 Å².